The maximum Gasteiger partial charge on any atom is 0.0670 e. The van der Waals surface area contributed by atoms with Gasteiger partial charge in [-0.25, -0.2) is 0 Å². The van der Waals surface area contributed by atoms with E-state index in [2.05, 4.69) is 58.8 Å². The second-order valence-corrected chi connectivity index (χ2v) is 4.17. The maximum atomic E-state index is 4.01. The highest BCUT2D eigenvalue weighted by molar-refractivity contribution is 5.82. The van der Waals surface area contributed by atoms with Crippen LogP contribution in [-0.4, -0.2) is 10.2 Å². The molecule has 1 aromatic heterocycles. The summed E-state index contributed by atoms with van der Waals surface area (Å²) in [5.41, 5.74) is 4.46. The molecule has 0 amide bonds. The molecule has 0 unspecified atom stereocenters. The second-order valence-electron chi connectivity index (χ2n) is 4.17. The first-order valence-electron chi connectivity index (χ1n) is 5.58. The van der Waals surface area contributed by atoms with Gasteiger partial charge < -0.3 is 5.32 Å². The number of nitrogens with zero attached hydrogens (tertiary/aromatic N) is 1. The van der Waals surface area contributed by atoms with Crippen molar-refractivity contribution >= 4 is 22.3 Å². The smallest absolute Gasteiger partial charge is 0.0670 e. The maximum absolute atomic E-state index is 4.01. The Bertz CT molecular complexity index is 655. The highest BCUT2D eigenvalue weighted by Gasteiger charge is 1.98. The van der Waals surface area contributed by atoms with Gasteiger partial charge in [0.2, 0.25) is 0 Å². The summed E-state index contributed by atoms with van der Waals surface area (Å²) < 4.78 is 0. The monoisotopic (exact) mass is 223 g/mol. The number of anilines is 2. The first-order valence-corrected chi connectivity index (χ1v) is 5.58. The fourth-order valence-electron chi connectivity index (χ4n) is 1.90. The van der Waals surface area contributed by atoms with Gasteiger partial charge in [-0.15, -0.1) is 0 Å². The molecule has 3 heteroatoms. The Kier molecular flexibility index (Phi) is 2.29. The summed E-state index contributed by atoms with van der Waals surface area (Å²) in [5.74, 6) is 0. The molecular formula is C14H13N3. The lowest BCUT2D eigenvalue weighted by Gasteiger charge is -2.07. The normalized spacial score (nSPS) is 10.6. The van der Waals surface area contributed by atoms with Crippen molar-refractivity contribution in [2.45, 2.75) is 6.92 Å². The molecule has 0 saturated carbocycles. The number of aromatic amines is 1. The van der Waals surface area contributed by atoms with Crippen molar-refractivity contribution in [2.24, 2.45) is 0 Å². The fourth-order valence-corrected chi connectivity index (χ4v) is 1.90. The molecule has 2 aromatic carbocycles. The van der Waals surface area contributed by atoms with Crippen LogP contribution in [0.5, 0.6) is 0 Å². The topological polar surface area (TPSA) is 40.7 Å². The van der Waals surface area contributed by atoms with Gasteiger partial charge >= 0.3 is 0 Å². The number of rotatable bonds is 2. The zero-order chi connectivity index (χ0) is 11.7. The number of benzene rings is 2. The fraction of sp³-hybridized carbons (Fsp3) is 0.0714. The Morgan fingerprint density at radius 2 is 1.94 bits per heavy atom. The van der Waals surface area contributed by atoms with Crippen LogP contribution in [0.4, 0.5) is 11.4 Å². The molecular weight excluding hydrogens is 210 g/mol. The average molecular weight is 223 g/mol. The number of aryl methyl sites for hydroxylation is 1. The van der Waals surface area contributed by atoms with Crippen molar-refractivity contribution in [1.82, 2.24) is 10.2 Å². The third-order valence-corrected chi connectivity index (χ3v) is 2.75. The largest absolute Gasteiger partial charge is 0.355 e. The number of aromatic nitrogens is 2. The van der Waals surface area contributed by atoms with Crippen molar-refractivity contribution in [3.63, 3.8) is 0 Å². The van der Waals surface area contributed by atoms with Crippen LogP contribution in [0.15, 0.2) is 48.7 Å². The highest BCUT2D eigenvalue weighted by atomic mass is 15.1. The minimum absolute atomic E-state index is 1.04. The summed E-state index contributed by atoms with van der Waals surface area (Å²) in [5, 5.41) is 11.5. The number of hydrogen-bond acceptors (Lipinski definition) is 2. The van der Waals surface area contributed by atoms with Crippen LogP contribution in [0.3, 0.4) is 0 Å². The second kappa shape index (κ2) is 3.94. The van der Waals surface area contributed by atoms with E-state index >= 15 is 0 Å². The zero-order valence-electron chi connectivity index (χ0n) is 9.57. The number of nitrogens with one attached hydrogen (secondary N) is 2. The Balaban J connectivity index is 1.94. The van der Waals surface area contributed by atoms with Crippen LogP contribution < -0.4 is 5.32 Å². The van der Waals surface area contributed by atoms with Gasteiger partial charge in [0.25, 0.3) is 0 Å². The quantitative estimate of drug-likeness (QED) is 0.696. The highest BCUT2D eigenvalue weighted by Crippen LogP contribution is 2.21. The number of hydrogen-bond donors (Lipinski definition) is 2. The summed E-state index contributed by atoms with van der Waals surface area (Å²) >= 11 is 0. The summed E-state index contributed by atoms with van der Waals surface area (Å²) in [7, 11) is 0. The van der Waals surface area contributed by atoms with Crippen molar-refractivity contribution < 1.29 is 0 Å². The molecule has 3 aromatic rings. The van der Waals surface area contributed by atoms with Gasteiger partial charge in [-0.05, 0) is 42.8 Å². The van der Waals surface area contributed by atoms with Crippen LogP contribution in [0.25, 0.3) is 10.9 Å². The summed E-state index contributed by atoms with van der Waals surface area (Å²) in [6, 6.07) is 14.5. The lowest BCUT2D eigenvalue weighted by Crippen LogP contribution is -1.90. The standard InChI is InChI=1S/C14H13N3/c1-10-3-2-4-12(7-10)16-13-6-5-11-9-15-17-14(11)8-13/h2-9,16H,1H3,(H,15,17). The molecule has 0 bridgehead atoms. The minimum atomic E-state index is 1.04. The third kappa shape index (κ3) is 1.99. The van der Waals surface area contributed by atoms with E-state index in [4.69, 9.17) is 0 Å². The van der Waals surface area contributed by atoms with Gasteiger partial charge in [0, 0.05) is 16.8 Å². The number of H-pyrrole nitrogens is 1. The van der Waals surface area contributed by atoms with Crippen LogP contribution in [-0.2, 0) is 0 Å². The molecule has 0 radical (unpaired) electrons. The minimum Gasteiger partial charge on any atom is -0.355 e. The average Bonchev–Trinajstić information content (AvgIpc) is 2.76. The molecule has 0 fully saturated rings. The summed E-state index contributed by atoms with van der Waals surface area (Å²) in [6.45, 7) is 2.09. The third-order valence-electron chi connectivity index (χ3n) is 2.75. The molecule has 2 N–H and O–H groups in total. The first kappa shape index (κ1) is 9.90. The Hall–Kier alpha value is -2.29. The van der Waals surface area contributed by atoms with Gasteiger partial charge in [-0.1, -0.05) is 12.1 Å². The molecule has 3 rings (SSSR count). The van der Waals surface area contributed by atoms with Gasteiger partial charge in [0.05, 0.1) is 11.7 Å². The molecule has 0 aliphatic heterocycles. The molecule has 17 heavy (non-hydrogen) atoms. The van der Waals surface area contributed by atoms with Gasteiger partial charge in [0.1, 0.15) is 0 Å². The predicted octanol–water partition coefficient (Wildman–Crippen LogP) is 3.61. The van der Waals surface area contributed by atoms with Crippen molar-refractivity contribution in [3.05, 3.63) is 54.2 Å². The van der Waals surface area contributed by atoms with Crippen LogP contribution in [0.2, 0.25) is 0 Å². The molecule has 0 aliphatic rings. The Morgan fingerprint density at radius 1 is 1.06 bits per heavy atom. The molecule has 0 atom stereocenters. The first-order chi connectivity index (χ1) is 8.31. The van der Waals surface area contributed by atoms with E-state index < -0.39 is 0 Å². The Morgan fingerprint density at radius 3 is 2.82 bits per heavy atom. The SMILES string of the molecule is Cc1cccc(Nc2ccc3cn[nH]c3c2)c1. The van der Waals surface area contributed by atoms with Gasteiger partial charge in [0.15, 0.2) is 0 Å². The van der Waals surface area contributed by atoms with Gasteiger partial charge in [-0.3, -0.25) is 5.10 Å². The zero-order valence-corrected chi connectivity index (χ0v) is 9.57. The Labute approximate surface area is 99.5 Å². The molecule has 84 valence electrons. The van der Waals surface area contributed by atoms with E-state index in [1.807, 2.05) is 12.3 Å². The van der Waals surface area contributed by atoms with E-state index in [1.165, 1.54) is 5.56 Å². The summed E-state index contributed by atoms with van der Waals surface area (Å²) in [6.07, 6.45) is 1.83. The van der Waals surface area contributed by atoms with Crippen molar-refractivity contribution in [1.29, 1.82) is 0 Å². The van der Waals surface area contributed by atoms with E-state index in [-0.39, 0.29) is 0 Å². The summed E-state index contributed by atoms with van der Waals surface area (Å²) in [4.78, 5) is 0. The van der Waals surface area contributed by atoms with Crippen LogP contribution in [0.1, 0.15) is 5.56 Å². The van der Waals surface area contributed by atoms with E-state index in [0.29, 0.717) is 0 Å². The molecule has 0 saturated heterocycles. The molecule has 3 nitrogen and oxygen atoms in total. The van der Waals surface area contributed by atoms with E-state index in [9.17, 15) is 0 Å². The van der Waals surface area contributed by atoms with E-state index in [1.54, 1.807) is 0 Å². The molecule has 0 spiro atoms. The molecule has 0 aliphatic carbocycles. The van der Waals surface area contributed by atoms with Crippen molar-refractivity contribution in [3.8, 4) is 0 Å². The number of fused-ring (bicyclic) bond motifs is 1. The lowest BCUT2D eigenvalue weighted by molar-refractivity contribution is 1.12. The van der Waals surface area contributed by atoms with Gasteiger partial charge in [-0.2, -0.15) is 5.10 Å². The van der Waals surface area contributed by atoms with Crippen molar-refractivity contribution in [2.75, 3.05) is 5.32 Å². The predicted molar refractivity (Wildman–Crippen MR) is 70.6 cm³/mol. The van der Waals surface area contributed by atoms with Crippen LogP contribution >= 0.6 is 0 Å². The molecule has 1 heterocycles. The van der Waals surface area contributed by atoms with E-state index in [0.717, 1.165) is 22.3 Å². The lowest BCUT2D eigenvalue weighted by atomic mass is 10.2. The van der Waals surface area contributed by atoms with Crippen LogP contribution in [0, 0.1) is 6.92 Å².